The van der Waals surface area contributed by atoms with Crippen molar-refractivity contribution < 1.29 is 9.18 Å². The topological polar surface area (TPSA) is 67.2 Å². The molecule has 1 fully saturated rings. The van der Waals surface area contributed by atoms with Gasteiger partial charge in [-0.3, -0.25) is 4.79 Å². The lowest BCUT2D eigenvalue weighted by Gasteiger charge is -2.35. The first-order valence-corrected chi connectivity index (χ1v) is 9.17. The van der Waals surface area contributed by atoms with Crippen LogP contribution in [0.3, 0.4) is 0 Å². The molecule has 0 unspecified atom stereocenters. The number of hydrogen-bond acceptors (Lipinski definition) is 5. The molecule has 1 aliphatic rings. The van der Waals surface area contributed by atoms with Crippen LogP contribution in [0.15, 0.2) is 42.7 Å². The van der Waals surface area contributed by atoms with Crippen LogP contribution in [0.4, 0.5) is 10.2 Å². The van der Waals surface area contributed by atoms with E-state index < -0.39 is 0 Å². The van der Waals surface area contributed by atoms with Crippen molar-refractivity contribution in [3.63, 3.8) is 0 Å². The van der Waals surface area contributed by atoms with Crippen LogP contribution in [-0.2, 0) is 0 Å². The van der Waals surface area contributed by atoms with Crippen molar-refractivity contribution in [2.75, 3.05) is 31.1 Å². The summed E-state index contributed by atoms with van der Waals surface area (Å²) in [5, 5.41) is 4.47. The highest BCUT2D eigenvalue weighted by atomic mass is 19.1. The zero-order valence-corrected chi connectivity index (χ0v) is 15.8. The van der Waals surface area contributed by atoms with E-state index in [4.69, 9.17) is 0 Å². The fraction of sp³-hybridized carbons (Fsp3) is 0.300. The molecule has 1 aromatic carbocycles. The van der Waals surface area contributed by atoms with Crippen LogP contribution in [0, 0.1) is 19.7 Å². The highest BCUT2D eigenvalue weighted by Gasteiger charge is 2.23. The smallest absolute Gasteiger partial charge is 0.253 e. The SMILES string of the molecule is Cc1cc(C)n(-c2cc(N3CCN(C(=O)c4ccc(F)cc4)CC3)ncn2)n1. The van der Waals surface area contributed by atoms with E-state index >= 15 is 0 Å². The monoisotopic (exact) mass is 380 g/mol. The van der Waals surface area contributed by atoms with Crippen molar-refractivity contribution in [1.29, 1.82) is 0 Å². The van der Waals surface area contributed by atoms with Gasteiger partial charge in [0, 0.05) is 43.5 Å². The standard InChI is InChI=1S/C20H21FN6O/c1-14-11-15(2)27(24-14)19-12-18(22-13-23-19)25-7-9-26(10-8-25)20(28)16-3-5-17(21)6-4-16/h3-6,11-13H,7-10H2,1-2H3. The number of anilines is 1. The van der Waals surface area contributed by atoms with Gasteiger partial charge >= 0.3 is 0 Å². The lowest BCUT2D eigenvalue weighted by molar-refractivity contribution is 0.0746. The summed E-state index contributed by atoms with van der Waals surface area (Å²) in [6, 6.07) is 9.58. The minimum absolute atomic E-state index is 0.0781. The molecular formula is C20H21FN6O. The van der Waals surface area contributed by atoms with E-state index in [0.29, 0.717) is 31.7 Å². The molecule has 4 rings (SSSR count). The molecule has 0 N–H and O–H groups in total. The van der Waals surface area contributed by atoms with Gasteiger partial charge in [-0.25, -0.2) is 19.0 Å². The van der Waals surface area contributed by atoms with Crippen LogP contribution >= 0.6 is 0 Å². The average Bonchev–Trinajstić information content (AvgIpc) is 3.06. The zero-order valence-electron chi connectivity index (χ0n) is 15.8. The maximum Gasteiger partial charge on any atom is 0.253 e. The number of nitrogens with zero attached hydrogens (tertiary/aromatic N) is 6. The van der Waals surface area contributed by atoms with Crippen LogP contribution in [0.5, 0.6) is 0 Å². The summed E-state index contributed by atoms with van der Waals surface area (Å²) in [5.74, 6) is 1.11. The van der Waals surface area contributed by atoms with E-state index in [1.807, 2.05) is 26.0 Å². The fourth-order valence-electron chi connectivity index (χ4n) is 3.40. The van der Waals surface area contributed by atoms with Gasteiger partial charge in [-0.05, 0) is 44.2 Å². The summed E-state index contributed by atoms with van der Waals surface area (Å²) in [6.07, 6.45) is 1.54. The summed E-state index contributed by atoms with van der Waals surface area (Å²) in [4.78, 5) is 25.2. The number of aromatic nitrogens is 4. The molecule has 0 aliphatic carbocycles. The Kier molecular flexibility index (Phi) is 4.77. The van der Waals surface area contributed by atoms with Crippen molar-refractivity contribution in [3.8, 4) is 5.82 Å². The summed E-state index contributed by atoms with van der Waals surface area (Å²) in [6.45, 7) is 6.43. The normalized spacial score (nSPS) is 14.4. The number of benzene rings is 1. The molecule has 0 spiro atoms. The first-order chi connectivity index (χ1) is 13.5. The van der Waals surface area contributed by atoms with Gasteiger partial charge in [-0.1, -0.05) is 0 Å². The Labute approximate surface area is 162 Å². The average molecular weight is 380 g/mol. The van der Waals surface area contributed by atoms with E-state index in [2.05, 4.69) is 20.0 Å². The van der Waals surface area contributed by atoms with E-state index in [1.54, 1.807) is 9.58 Å². The van der Waals surface area contributed by atoms with Crippen LogP contribution in [0.25, 0.3) is 5.82 Å². The number of piperazine rings is 1. The molecule has 3 aromatic rings. The van der Waals surface area contributed by atoms with Gasteiger partial charge in [0.05, 0.1) is 5.69 Å². The Morgan fingerprint density at radius 1 is 0.964 bits per heavy atom. The summed E-state index contributed by atoms with van der Waals surface area (Å²) in [7, 11) is 0. The van der Waals surface area contributed by atoms with Gasteiger partial charge in [-0.2, -0.15) is 5.10 Å². The van der Waals surface area contributed by atoms with Gasteiger partial charge in [0.1, 0.15) is 18.0 Å². The third-order valence-electron chi connectivity index (χ3n) is 4.85. The lowest BCUT2D eigenvalue weighted by atomic mass is 10.2. The Bertz CT molecular complexity index is 992. The van der Waals surface area contributed by atoms with Crippen molar-refractivity contribution in [3.05, 3.63) is 65.5 Å². The lowest BCUT2D eigenvalue weighted by Crippen LogP contribution is -2.49. The number of amides is 1. The third kappa shape index (κ3) is 3.58. The highest BCUT2D eigenvalue weighted by molar-refractivity contribution is 5.94. The van der Waals surface area contributed by atoms with Gasteiger partial charge in [0.15, 0.2) is 5.82 Å². The first-order valence-electron chi connectivity index (χ1n) is 9.17. The predicted molar refractivity (Wildman–Crippen MR) is 103 cm³/mol. The number of carbonyl (C=O) groups is 1. The second kappa shape index (κ2) is 7.38. The van der Waals surface area contributed by atoms with Crippen LogP contribution in [0.2, 0.25) is 0 Å². The van der Waals surface area contributed by atoms with Crippen molar-refractivity contribution in [2.24, 2.45) is 0 Å². The number of aryl methyl sites for hydroxylation is 2. The van der Waals surface area contributed by atoms with Crippen LogP contribution in [0.1, 0.15) is 21.7 Å². The molecule has 1 saturated heterocycles. The van der Waals surface area contributed by atoms with Gasteiger partial charge in [-0.15, -0.1) is 0 Å². The van der Waals surface area contributed by atoms with Crippen molar-refractivity contribution in [2.45, 2.75) is 13.8 Å². The molecule has 0 bridgehead atoms. The highest BCUT2D eigenvalue weighted by Crippen LogP contribution is 2.18. The minimum atomic E-state index is -0.344. The molecular weight excluding hydrogens is 359 g/mol. The van der Waals surface area contributed by atoms with Crippen molar-refractivity contribution in [1.82, 2.24) is 24.6 Å². The Hall–Kier alpha value is -3.29. The predicted octanol–water partition coefficient (Wildman–Crippen LogP) is 2.38. The molecule has 7 nitrogen and oxygen atoms in total. The first kappa shape index (κ1) is 18.1. The molecule has 0 radical (unpaired) electrons. The quantitative estimate of drug-likeness (QED) is 0.698. The molecule has 28 heavy (non-hydrogen) atoms. The van der Waals surface area contributed by atoms with E-state index in [9.17, 15) is 9.18 Å². The van der Waals surface area contributed by atoms with Gasteiger partial charge < -0.3 is 9.80 Å². The molecule has 8 heteroatoms. The molecule has 144 valence electrons. The van der Waals surface area contributed by atoms with Crippen LogP contribution < -0.4 is 4.90 Å². The number of hydrogen-bond donors (Lipinski definition) is 0. The third-order valence-corrected chi connectivity index (χ3v) is 4.85. The second-order valence-corrected chi connectivity index (χ2v) is 6.86. The van der Waals surface area contributed by atoms with Crippen molar-refractivity contribution >= 4 is 11.7 Å². The van der Waals surface area contributed by atoms with Gasteiger partial charge in [0.25, 0.3) is 5.91 Å². The van der Waals surface area contributed by atoms with Gasteiger partial charge in [0.2, 0.25) is 0 Å². The molecule has 1 amide bonds. The Morgan fingerprint density at radius 2 is 1.64 bits per heavy atom. The Morgan fingerprint density at radius 3 is 2.29 bits per heavy atom. The van der Waals surface area contributed by atoms with E-state index in [0.717, 1.165) is 23.0 Å². The number of halogens is 1. The molecule has 1 aliphatic heterocycles. The molecule has 3 heterocycles. The van der Waals surface area contributed by atoms with E-state index in [-0.39, 0.29) is 11.7 Å². The zero-order chi connectivity index (χ0) is 19.7. The maximum absolute atomic E-state index is 13.1. The largest absolute Gasteiger partial charge is 0.353 e. The second-order valence-electron chi connectivity index (χ2n) is 6.86. The fourth-order valence-corrected chi connectivity index (χ4v) is 3.40. The molecule has 0 atom stereocenters. The number of carbonyl (C=O) groups excluding carboxylic acids is 1. The summed E-state index contributed by atoms with van der Waals surface area (Å²) < 4.78 is 14.9. The summed E-state index contributed by atoms with van der Waals surface area (Å²) in [5.41, 5.74) is 2.45. The maximum atomic E-state index is 13.1. The summed E-state index contributed by atoms with van der Waals surface area (Å²) >= 11 is 0. The number of rotatable bonds is 3. The molecule has 2 aromatic heterocycles. The van der Waals surface area contributed by atoms with Crippen LogP contribution in [-0.4, -0.2) is 56.7 Å². The van der Waals surface area contributed by atoms with E-state index in [1.165, 1.54) is 30.6 Å². The molecule has 0 saturated carbocycles. The Balaban J connectivity index is 1.45. The minimum Gasteiger partial charge on any atom is -0.353 e.